The number of hydrogen-bond donors (Lipinski definition) is 1. The minimum Gasteiger partial charge on any atom is -0.493 e. The molecule has 0 fully saturated rings. The van der Waals surface area contributed by atoms with Crippen molar-refractivity contribution in [1.29, 1.82) is 0 Å². The summed E-state index contributed by atoms with van der Waals surface area (Å²) < 4.78 is 10.3. The molecule has 5 heteroatoms. The van der Waals surface area contributed by atoms with Crippen LogP contribution in [-0.2, 0) is 0 Å². The second-order valence-electron chi connectivity index (χ2n) is 5.53. The number of fused-ring (bicyclic) bond motifs is 1. The van der Waals surface area contributed by atoms with Gasteiger partial charge in [0.05, 0.1) is 7.11 Å². The predicted molar refractivity (Wildman–Crippen MR) is 76.3 cm³/mol. The van der Waals surface area contributed by atoms with E-state index in [1.807, 2.05) is 20.8 Å². The maximum atomic E-state index is 12.1. The molecule has 106 valence electrons. The Balaban J connectivity index is 2.54. The number of hydrogen-bond acceptors (Lipinski definition) is 4. The van der Waals surface area contributed by atoms with Crippen LogP contribution in [0.3, 0.4) is 0 Å². The monoisotopic (exact) mass is 275 g/mol. The zero-order valence-electron chi connectivity index (χ0n) is 11.9. The molecule has 1 aromatic heterocycles. The Bertz CT molecular complexity index is 710. The van der Waals surface area contributed by atoms with Gasteiger partial charge in [0.15, 0.2) is 11.3 Å². The molecule has 5 nitrogen and oxygen atoms in total. The van der Waals surface area contributed by atoms with Crippen molar-refractivity contribution in [3.05, 3.63) is 40.2 Å². The molecule has 1 heterocycles. The molecule has 0 unspecified atom stereocenters. The molecule has 1 aromatic carbocycles. The van der Waals surface area contributed by atoms with E-state index in [9.17, 15) is 9.59 Å². The van der Waals surface area contributed by atoms with Crippen LogP contribution in [0.25, 0.3) is 11.0 Å². The van der Waals surface area contributed by atoms with Crippen LogP contribution in [0.2, 0.25) is 0 Å². The molecule has 0 aliphatic carbocycles. The summed E-state index contributed by atoms with van der Waals surface area (Å²) in [6.07, 6.45) is 0. The lowest BCUT2D eigenvalue weighted by Crippen LogP contribution is -2.42. The third kappa shape index (κ3) is 2.82. The van der Waals surface area contributed by atoms with Crippen LogP contribution < -0.4 is 15.7 Å². The molecule has 2 rings (SSSR count). The van der Waals surface area contributed by atoms with Gasteiger partial charge in [-0.05, 0) is 32.9 Å². The van der Waals surface area contributed by atoms with Gasteiger partial charge < -0.3 is 14.5 Å². The van der Waals surface area contributed by atoms with E-state index >= 15 is 0 Å². The van der Waals surface area contributed by atoms with Gasteiger partial charge in [-0.25, -0.2) is 4.79 Å². The molecule has 20 heavy (non-hydrogen) atoms. The van der Waals surface area contributed by atoms with Crippen molar-refractivity contribution in [3.63, 3.8) is 0 Å². The van der Waals surface area contributed by atoms with Crippen molar-refractivity contribution in [2.75, 3.05) is 7.11 Å². The molecule has 0 aliphatic heterocycles. The molecule has 0 saturated carbocycles. The Morgan fingerprint density at radius 1 is 1.30 bits per heavy atom. The molecule has 0 bridgehead atoms. The topological polar surface area (TPSA) is 68.5 Å². The fraction of sp³-hybridized carbons (Fsp3) is 0.333. The van der Waals surface area contributed by atoms with E-state index in [1.54, 1.807) is 18.2 Å². The number of ether oxygens (including phenoxy) is 1. The van der Waals surface area contributed by atoms with Crippen LogP contribution in [0, 0.1) is 0 Å². The third-order valence-corrected chi connectivity index (χ3v) is 2.68. The van der Waals surface area contributed by atoms with Crippen molar-refractivity contribution >= 4 is 16.9 Å². The predicted octanol–water partition coefficient (Wildman–Crippen LogP) is 2.33. The fourth-order valence-electron chi connectivity index (χ4n) is 1.84. The Morgan fingerprint density at radius 2 is 2.00 bits per heavy atom. The van der Waals surface area contributed by atoms with Gasteiger partial charge in [0.2, 0.25) is 0 Å². The summed E-state index contributed by atoms with van der Waals surface area (Å²) in [5.41, 5.74) is -0.774. The van der Waals surface area contributed by atoms with Crippen molar-refractivity contribution in [1.82, 2.24) is 5.32 Å². The maximum absolute atomic E-state index is 12.1. The first-order valence-electron chi connectivity index (χ1n) is 6.25. The summed E-state index contributed by atoms with van der Waals surface area (Å²) in [5.74, 6) is 0.0124. The average Bonchev–Trinajstić information content (AvgIpc) is 2.35. The number of methoxy groups -OCH3 is 1. The smallest absolute Gasteiger partial charge is 0.349 e. The number of carbonyl (C=O) groups excluding carboxylic acids is 1. The Kier molecular flexibility index (Phi) is 3.53. The second-order valence-corrected chi connectivity index (χ2v) is 5.53. The zero-order valence-corrected chi connectivity index (χ0v) is 11.9. The van der Waals surface area contributed by atoms with Crippen LogP contribution in [0.1, 0.15) is 31.1 Å². The summed E-state index contributed by atoms with van der Waals surface area (Å²) in [5, 5.41) is 3.38. The van der Waals surface area contributed by atoms with Gasteiger partial charge >= 0.3 is 5.63 Å². The van der Waals surface area contributed by atoms with Gasteiger partial charge in [0.25, 0.3) is 5.91 Å². The highest BCUT2D eigenvalue weighted by molar-refractivity contribution is 5.97. The summed E-state index contributed by atoms with van der Waals surface area (Å²) in [6.45, 7) is 5.53. The largest absolute Gasteiger partial charge is 0.493 e. The Morgan fingerprint density at radius 3 is 2.60 bits per heavy atom. The second kappa shape index (κ2) is 5.00. The molecular weight excluding hydrogens is 258 g/mol. The first kappa shape index (κ1) is 14.1. The number of amides is 1. The summed E-state index contributed by atoms with van der Waals surface area (Å²) >= 11 is 0. The van der Waals surface area contributed by atoms with Crippen LogP contribution in [0.5, 0.6) is 5.75 Å². The van der Waals surface area contributed by atoms with E-state index in [4.69, 9.17) is 9.15 Å². The van der Waals surface area contributed by atoms with Gasteiger partial charge in [-0.15, -0.1) is 0 Å². The zero-order chi connectivity index (χ0) is 14.9. The Hall–Kier alpha value is -2.30. The standard InChI is InChI=1S/C15H17NO4/c1-15(2,3)16-13(17)10-8-9-6-5-7-11(19-4)12(9)20-14(10)18/h5-8H,1-4H3,(H,16,17). The fourth-order valence-corrected chi connectivity index (χ4v) is 1.84. The SMILES string of the molecule is COc1cccc2cc(C(=O)NC(C)(C)C)c(=O)oc12. The Labute approximate surface area is 116 Å². The molecule has 2 aromatic rings. The number of nitrogens with one attached hydrogen (secondary N) is 1. The highest BCUT2D eigenvalue weighted by Crippen LogP contribution is 2.24. The molecule has 0 radical (unpaired) electrons. The van der Waals surface area contributed by atoms with Gasteiger partial charge in [0.1, 0.15) is 5.56 Å². The summed E-state index contributed by atoms with van der Waals surface area (Å²) in [4.78, 5) is 24.0. The molecule has 1 N–H and O–H groups in total. The summed E-state index contributed by atoms with van der Waals surface area (Å²) in [6, 6.07) is 6.74. The van der Waals surface area contributed by atoms with E-state index in [0.717, 1.165) is 0 Å². The third-order valence-electron chi connectivity index (χ3n) is 2.68. The quantitative estimate of drug-likeness (QED) is 0.854. The normalized spacial score (nSPS) is 11.4. The van der Waals surface area contributed by atoms with Crippen molar-refractivity contribution < 1.29 is 13.9 Å². The lowest BCUT2D eigenvalue weighted by atomic mass is 10.1. The number of rotatable bonds is 2. The highest BCUT2D eigenvalue weighted by atomic mass is 16.5. The van der Waals surface area contributed by atoms with E-state index < -0.39 is 17.1 Å². The lowest BCUT2D eigenvalue weighted by molar-refractivity contribution is 0.0916. The molecule has 0 aliphatic rings. The minimum atomic E-state index is -0.677. The van der Waals surface area contributed by atoms with Crippen LogP contribution in [0.15, 0.2) is 33.5 Å². The van der Waals surface area contributed by atoms with Crippen molar-refractivity contribution in [3.8, 4) is 5.75 Å². The van der Waals surface area contributed by atoms with E-state index in [-0.39, 0.29) is 5.56 Å². The molecule has 1 amide bonds. The lowest BCUT2D eigenvalue weighted by Gasteiger charge is -2.20. The highest BCUT2D eigenvalue weighted by Gasteiger charge is 2.20. The number of benzene rings is 1. The van der Waals surface area contributed by atoms with Gasteiger partial charge in [-0.1, -0.05) is 12.1 Å². The van der Waals surface area contributed by atoms with Crippen LogP contribution in [-0.4, -0.2) is 18.6 Å². The molecule has 0 saturated heterocycles. The van der Waals surface area contributed by atoms with Crippen molar-refractivity contribution in [2.24, 2.45) is 0 Å². The molecule has 0 atom stereocenters. The van der Waals surface area contributed by atoms with Crippen molar-refractivity contribution in [2.45, 2.75) is 26.3 Å². The van der Waals surface area contributed by atoms with E-state index in [1.165, 1.54) is 13.2 Å². The van der Waals surface area contributed by atoms with Crippen LogP contribution >= 0.6 is 0 Å². The first-order chi connectivity index (χ1) is 9.31. The van der Waals surface area contributed by atoms with E-state index in [2.05, 4.69) is 5.32 Å². The van der Waals surface area contributed by atoms with E-state index in [0.29, 0.717) is 16.7 Å². The van der Waals surface area contributed by atoms with Crippen LogP contribution in [0.4, 0.5) is 0 Å². The average molecular weight is 275 g/mol. The maximum Gasteiger partial charge on any atom is 0.349 e. The molecule has 0 spiro atoms. The minimum absolute atomic E-state index is 0.0133. The van der Waals surface area contributed by atoms with Gasteiger partial charge in [-0.3, -0.25) is 4.79 Å². The van der Waals surface area contributed by atoms with Gasteiger partial charge in [-0.2, -0.15) is 0 Å². The number of para-hydroxylation sites is 1. The summed E-state index contributed by atoms with van der Waals surface area (Å²) in [7, 11) is 1.50. The molecular formula is C15H17NO4. The van der Waals surface area contributed by atoms with Gasteiger partial charge in [0, 0.05) is 10.9 Å². The first-order valence-corrected chi connectivity index (χ1v) is 6.25. The number of carbonyl (C=O) groups is 1.